The van der Waals surface area contributed by atoms with Crippen molar-refractivity contribution in [3.63, 3.8) is 0 Å². The number of alkyl halides is 2. The van der Waals surface area contributed by atoms with Gasteiger partial charge >= 0.3 is 0 Å². The Labute approximate surface area is 77.3 Å². The lowest BCUT2D eigenvalue weighted by atomic mass is 10.1. The van der Waals surface area contributed by atoms with Gasteiger partial charge in [0.2, 0.25) is 0 Å². The number of aldehydes is 2. The Balaban J connectivity index is 3.37. The summed E-state index contributed by atoms with van der Waals surface area (Å²) >= 11 is 0. The first-order valence-electron chi connectivity index (χ1n) is 3.62. The lowest BCUT2D eigenvalue weighted by Gasteiger charge is -2.04. The fraction of sp³-hybridized carbons (Fsp3) is 0.111. The first kappa shape index (κ1) is 10.4. The Bertz CT molecular complexity index is 375. The van der Waals surface area contributed by atoms with Gasteiger partial charge in [-0.3, -0.25) is 9.59 Å². The lowest BCUT2D eigenvalue weighted by molar-refractivity contribution is 0.109. The largest absolute Gasteiger partial charge is 0.298 e. The minimum atomic E-state index is -3.01. The summed E-state index contributed by atoms with van der Waals surface area (Å²) in [6, 6.07) is 1.30. The van der Waals surface area contributed by atoms with Crippen LogP contribution in [0.25, 0.3) is 0 Å². The third-order valence-electron chi connectivity index (χ3n) is 1.69. The van der Waals surface area contributed by atoms with Crippen LogP contribution in [0.2, 0.25) is 0 Å². The molecule has 0 radical (unpaired) electrons. The van der Waals surface area contributed by atoms with Crippen LogP contribution in [0.5, 0.6) is 0 Å². The van der Waals surface area contributed by atoms with E-state index in [4.69, 9.17) is 0 Å². The summed E-state index contributed by atoms with van der Waals surface area (Å²) in [5, 5.41) is 0. The standard InChI is InChI=1S/C9H5F3O2/c10-8-2-6(4-14)5(3-13)1-7(8)9(11)12/h1-4,9H. The van der Waals surface area contributed by atoms with Crippen LogP contribution < -0.4 is 0 Å². The zero-order valence-electron chi connectivity index (χ0n) is 6.84. The number of rotatable bonds is 3. The summed E-state index contributed by atoms with van der Waals surface area (Å²) < 4.78 is 37.1. The molecule has 0 bridgehead atoms. The van der Waals surface area contributed by atoms with E-state index in [-0.39, 0.29) is 23.7 Å². The van der Waals surface area contributed by atoms with Gasteiger partial charge in [-0.05, 0) is 12.1 Å². The van der Waals surface area contributed by atoms with Crippen molar-refractivity contribution in [2.24, 2.45) is 0 Å². The van der Waals surface area contributed by atoms with Gasteiger partial charge in [0, 0.05) is 11.1 Å². The van der Waals surface area contributed by atoms with Crippen LogP contribution >= 0.6 is 0 Å². The van der Waals surface area contributed by atoms with Crippen molar-refractivity contribution in [3.05, 3.63) is 34.6 Å². The van der Waals surface area contributed by atoms with Gasteiger partial charge in [0.1, 0.15) is 5.82 Å². The summed E-state index contributed by atoms with van der Waals surface area (Å²) in [5.41, 5.74) is -1.35. The highest BCUT2D eigenvalue weighted by molar-refractivity contribution is 5.90. The van der Waals surface area contributed by atoms with Crippen LogP contribution in [0.1, 0.15) is 32.7 Å². The first-order valence-corrected chi connectivity index (χ1v) is 3.62. The number of carbonyl (C=O) groups excluding carboxylic acids is 2. The Morgan fingerprint density at radius 3 is 2.00 bits per heavy atom. The molecule has 0 N–H and O–H groups in total. The van der Waals surface area contributed by atoms with Gasteiger partial charge in [-0.1, -0.05) is 0 Å². The molecule has 1 rings (SSSR count). The third kappa shape index (κ3) is 1.81. The van der Waals surface area contributed by atoms with Crippen LogP contribution in [-0.2, 0) is 0 Å². The molecule has 5 heteroatoms. The predicted octanol–water partition coefficient (Wildman–Crippen LogP) is 2.39. The van der Waals surface area contributed by atoms with E-state index in [2.05, 4.69) is 0 Å². The van der Waals surface area contributed by atoms with E-state index >= 15 is 0 Å². The number of benzene rings is 1. The molecular weight excluding hydrogens is 197 g/mol. The molecule has 1 aromatic carbocycles. The molecule has 0 spiro atoms. The van der Waals surface area contributed by atoms with Gasteiger partial charge in [0.05, 0.1) is 5.56 Å². The van der Waals surface area contributed by atoms with Crippen LogP contribution in [-0.4, -0.2) is 12.6 Å². The molecule has 1 aromatic rings. The van der Waals surface area contributed by atoms with Crippen molar-refractivity contribution in [1.82, 2.24) is 0 Å². The average molecular weight is 202 g/mol. The normalized spacial score (nSPS) is 10.3. The predicted molar refractivity (Wildman–Crippen MR) is 42.1 cm³/mol. The summed E-state index contributed by atoms with van der Waals surface area (Å²) in [6.45, 7) is 0. The molecule has 0 aliphatic carbocycles. The van der Waals surface area contributed by atoms with E-state index in [0.29, 0.717) is 12.1 Å². The smallest absolute Gasteiger partial charge is 0.266 e. The second-order valence-corrected chi connectivity index (χ2v) is 2.54. The number of hydrogen-bond acceptors (Lipinski definition) is 2. The number of halogens is 3. The molecule has 2 nitrogen and oxygen atoms in total. The zero-order chi connectivity index (χ0) is 10.7. The molecule has 0 unspecified atom stereocenters. The Hall–Kier alpha value is -1.65. The maximum absolute atomic E-state index is 12.8. The number of hydrogen-bond donors (Lipinski definition) is 0. The van der Waals surface area contributed by atoms with Gasteiger partial charge in [-0.15, -0.1) is 0 Å². The minimum absolute atomic E-state index is 0.231. The van der Waals surface area contributed by atoms with Crippen molar-refractivity contribution < 1.29 is 22.8 Å². The van der Waals surface area contributed by atoms with Crippen LogP contribution in [0.4, 0.5) is 13.2 Å². The molecule has 0 aliphatic heterocycles. The van der Waals surface area contributed by atoms with Gasteiger partial charge in [0.15, 0.2) is 12.6 Å². The summed E-state index contributed by atoms with van der Waals surface area (Å²) in [5.74, 6) is -1.19. The van der Waals surface area contributed by atoms with Gasteiger partial charge < -0.3 is 0 Å². The molecule has 14 heavy (non-hydrogen) atoms. The highest BCUT2D eigenvalue weighted by Gasteiger charge is 2.16. The SMILES string of the molecule is O=Cc1cc(F)c(C(F)F)cc1C=O. The summed E-state index contributed by atoms with van der Waals surface area (Å²) in [7, 11) is 0. The Morgan fingerprint density at radius 1 is 1.07 bits per heavy atom. The molecule has 0 heterocycles. The fourth-order valence-corrected chi connectivity index (χ4v) is 0.994. The fourth-order valence-electron chi connectivity index (χ4n) is 0.994. The van der Waals surface area contributed by atoms with Crippen LogP contribution in [0.3, 0.4) is 0 Å². The van der Waals surface area contributed by atoms with E-state index in [0.717, 1.165) is 0 Å². The van der Waals surface area contributed by atoms with Crippen molar-refractivity contribution in [2.75, 3.05) is 0 Å². The van der Waals surface area contributed by atoms with Crippen LogP contribution in [0.15, 0.2) is 12.1 Å². The van der Waals surface area contributed by atoms with E-state index in [1.807, 2.05) is 0 Å². The van der Waals surface area contributed by atoms with Crippen molar-refractivity contribution >= 4 is 12.6 Å². The van der Waals surface area contributed by atoms with Crippen molar-refractivity contribution in [3.8, 4) is 0 Å². The highest BCUT2D eigenvalue weighted by atomic mass is 19.3. The molecule has 74 valence electrons. The van der Waals surface area contributed by atoms with Gasteiger partial charge in [-0.25, -0.2) is 13.2 Å². The monoisotopic (exact) mass is 202 g/mol. The van der Waals surface area contributed by atoms with Crippen molar-refractivity contribution in [2.45, 2.75) is 6.43 Å². The molecular formula is C9H5F3O2. The molecule has 0 aliphatic rings. The summed E-state index contributed by atoms with van der Waals surface area (Å²) in [6.07, 6.45) is -2.54. The average Bonchev–Trinajstić information content (AvgIpc) is 2.16. The second kappa shape index (κ2) is 4.04. The van der Waals surface area contributed by atoms with E-state index in [1.54, 1.807) is 0 Å². The quantitative estimate of drug-likeness (QED) is 0.705. The maximum Gasteiger partial charge on any atom is 0.266 e. The molecule has 0 fully saturated rings. The first-order chi connectivity index (χ1) is 6.60. The van der Waals surface area contributed by atoms with E-state index < -0.39 is 17.8 Å². The molecule has 0 amide bonds. The Morgan fingerprint density at radius 2 is 1.57 bits per heavy atom. The third-order valence-corrected chi connectivity index (χ3v) is 1.69. The summed E-state index contributed by atoms with van der Waals surface area (Å²) in [4.78, 5) is 20.7. The molecule has 0 aromatic heterocycles. The molecule has 0 atom stereocenters. The molecule has 0 saturated carbocycles. The Kier molecular flexibility index (Phi) is 3.01. The minimum Gasteiger partial charge on any atom is -0.298 e. The number of carbonyl (C=O) groups is 2. The van der Waals surface area contributed by atoms with Crippen molar-refractivity contribution in [1.29, 1.82) is 0 Å². The topological polar surface area (TPSA) is 34.1 Å². The van der Waals surface area contributed by atoms with Gasteiger partial charge in [0.25, 0.3) is 6.43 Å². The van der Waals surface area contributed by atoms with E-state index in [1.165, 1.54) is 0 Å². The lowest BCUT2D eigenvalue weighted by Crippen LogP contribution is -1.98. The van der Waals surface area contributed by atoms with Crippen LogP contribution in [0, 0.1) is 5.82 Å². The molecule has 0 saturated heterocycles. The van der Waals surface area contributed by atoms with Gasteiger partial charge in [-0.2, -0.15) is 0 Å². The maximum atomic E-state index is 12.8. The highest BCUT2D eigenvalue weighted by Crippen LogP contribution is 2.24. The second-order valence-electron chi connectivity index (χ2n) is 2.54. The van der Waals surface area contributed by atoms with E-state index in [9.17, 15) is 22.8 Å². The zero-order valence-corrected chi connectivity index (χ0v) is 6.84.